The van der Waals surface area contributed by atoms with Crippen LogP contribution in [-0.4, -0.2) is 27.6 Å². The molecule has 0 aliphatic heterocycles. The number of nitrogens with zero attached hydrogens (tertiary/aromatic N) is 3. The summed E-state index contributed by atoms with van der Waals surface area (Å²) in [6, 6.07) is 9.18. The van der Waals surface area contributed by atoms with Crippen LogP contribution in [0.25, 0.3) is 27.3 Å². The number of rotatable bonds is 3. The first-order valence-electron chi connectivity index (χ1n) is 8.31. The van der Waals surface area contributed by atoms with Crippen molar-refractivity contribution in [2.75, 3.05) is 7.11 Å². The molecule has 140 valence electrons. The second-order valence-electron chi connectivity index (χ2n) is 6.06. The summed E-state index contributed by atoms with van der Waals surface area (Å²) in [6.45, 7) is 1.69. The summed E-state index contributed by atoms with van der Waals surface area (Å²) < 4.78 is 19.3. The molecule has 6 nitrogen and oxygen atoms in total. The molecule has 0 N–H and O–H groups in total. The lowest BCUT2D eigenvalue weighted by Gasteiger charge is -2.07. The third-order valence-corrected chi connectivity index (χ3v) is 5.16. The Kier molecular flexibility index (Phi) is 4.48. The molecule has 4 rings (SSSR count). The van der Waals surface area contributed by atoms with E-state index in [2.05, 4.69) is 9.97 Å². The maximum Gasteiger partial charge on any atom is 0.339 e. The number of benzene rings is 1. The summed E-state index contributed by atoms with van der Waals surface area (Å²) in [5, 5.41) is 2.56. The molecule has 8 heteroatoms. The highest BCUT2D eigenvalue weighted by Crippen LogP contribution is 2.24. The van der Waals surface area contributed by atoms with E-state index in [0.29, 0.717) is 27.4 Å². The highest BCUT2D eigenvalue weighted by Gasteiger charge is 2.16. The number of carbonyl (C=O) groups excluding carboxylic acids is 1. The molecule has 0 atom stereocenters. The van der Waals surface area contributed by atoms with Crippen molar-refractivity contribution in [3.05, 3.63) is 75.4 Å². The zero-order valence-corrected chi connectivity index (χ0v) is 15.8. The van der Waals surface area contributed by atoms with Gasteiger partial charge in [-0.1, -0.05) is 0 Å². The smallest absolute Gasteiger partial charge is 0.339 e. The van der Waals surface area contributed by atoms with E-state index in [1.807, 2.05) is 0 Å². The fourth-order valence-corrected chi connectivity index (χ4v) is 3.67. The molecule has 0 saturated heterocycles. The molecular weight excluding hydrogens is 381 g/mol. The number of pyridine rings is 2. The van der Waals surface area contributed by atoms with Gasteiger partial charge in [-0.05, 0) is 43.3 Å². The Hall–Kier alpha value is -3.39. The highest BCUT2D eigenvalue weighted by molar-refractivity contribution is 7.12. The molecule has 0 aliphatic rings. The quantitative estimate of drug-likeness (QED) is 0.494. The number of methoxy groups -OCH3 is 1. The van der Waals surface area contributed by atoms with Gasteiger partial charge in [0.2, 0.25) is 0 Å². The molecule has 0 amide bonds. The summed E-state index contributed by atoms with van der Waals surface area (Å²) in [7, 11) is 1.28. The molecular formula is C20H14FN3O3S. The topological polar surface area (TPSA) is 74.1 Å². The largest absolute Gasteiger partial charge is 0.465 e. The van der Waals surface area contributed by atoms with Crippen LogP contribution in [0.3, 0.4) is 0 Å². The molecule has 0 spiro atoms. The second kappa shape index (κ2) is 6.97. The maximum atomic E-state index is 13.1. The van der Waals surface area contributed by atoms with Crippen molar-refractivity contribution in [2.24, 2.45) is 0 Å². The van der Waals surface area contributed by atoms with Crippen LogP contribution < -0.4 is 5.56 Å². The van der Waals surface area contributed by atoms with Crippen LogP contribution in [0, 0.1) is 12.7 Å². The Morgan fingerprint density at radius 1 is 1.18 bits per heavy atom. The predicted octanol–water partition coefficient (Wildman–Crippen LogP) is 3.74. The van der Waals surface area contributed by atoms with E-state index in [4.69, 9.17) is 4.74 Å². The number of hydrogen-bond donors (Lipinski definition) is 0. The fourth-order valence-electron chi connectivity index (χ4n) is 2.86. The van der Waals surface area contributed by atoms with Crippen molar-refractivity contribution < 1.29 is 13.9 Å². The lowest BCUT2D eigenvalue weighted by Crippen LogP contribution is -2.19. The number of aromatic nitrogens is 3. The Morgan fingerprint density at radius 2 is 1.93 bits per heavy atom. The average molecular weight is 395 g/mol. The van der Waals surface area contributed by atoms with Gasteiger partial charge in [-0.2, -0.15) is 0 Å². The lowest BCUT2D eigenvalue weighted by molar-refractivity contribution is 0.0599. The van der Waals surface area contributed by atoms with Crippen molar-refractivity contribution in [1.29, 1.82) is 0 Å². The number of hydrogen-bond acceptors (Lipinski definition) is 6. The zero-order valence-electron chi connectivity index (χ0n) is 15.0. The van der Waals surface area contributed by atoms with Crippen molar-refractivity contribution in [3.63, 3.8) is 0 Å². The van der Waals surface area contributed by atoms with Crippen LogP contribution in [0.2, 0.25) is 0 Å². The number of fused-ring (bicyclic) bond motifs is 1. The number of aryl methyl sites for hydroxylation is 1. The van der Waals surface area contributed by atoms with E-state index < -0.39 is 5.97 Å². The summed E-state index contributed by atoms with van der Waals surface area (Å²) in [4.78, 5) is 33.7. The van der Waals surface area contributed by atoms with Gasteiger partial charge in [0.25, 0.3) is 5.56 Å². The third-order valence-electron chi connectivity index (χ3n) is 4.32. The maximum absolute atomic E-state index is 13.1. The van der Waals surface area contributed by atoms with Gasteiger partial charge in [0, 0.05) is 17.1 Å². The molecule has 0 unspecified atom stereocenters. The molecule has 0 fully saturated rings. The first-order chi connectivity index (χ1) is 13.5. The van der Waals surface area contributed by atoms with Crippen LogP contribution in [0.15, 0.2) is 52.8 Å². The Labute approximate surface area is 162 Å². The molecule has 1 aromatic carbocycles. The Bertz CT molecular complexity index is 1260. The first kappa shape index (κ1) is 18.0. The van der Waals surface area contributed by atoms with Gasteiger partial charge in [0.05, 0.1) is 35.0 Å². The van der Waals surface area contributed by atoms with E-state index in [9.17, 15) is 14.0 Å². The number of esters is 1. The third kappa shape index (κ3) is 3.07. The highest BCUT2D eigenvalue weighted by atomic mass is 32.1. The number of halogens is 1. The van der Waals surface area contributed by atoms with Crippen molar-refractivity contribution in [2.45, 2.75) is 6.92 Å². The Balaban J connectivity index is 1.82. The first-order valence-corrected chi connectivity index (χ1v) is 9.19. The molecule has 3 heterocycles. The van der Waals surface area contributed by atoms with Crippen molar-refractivity contribution in [1.82, 2.24) is 14.5 Å². The van der Waals surface area contributed by atoms with Gasteiger partial charge in [-0.25, -0.2) is 14.2 Å². The monoisotopic (exact) mass is 395 g/mol. The fraction of sp³-hybridized carbons (Fsp3) is 0.100. The van der Waals surface area contributed by atoms with E-state index in [1.165, 1.54) is 41.2 Å². The molecule has 0 radical (unpaired) electrons. The van der Waals surface area contributed by atoms with E-state index in [0.717, 1.165) is 5.56 Å². The van der Waals surface area contributed by atoms with Gasteiger partial charge >= 0.3 is 5.97 Å². The van der Waals surface area contributed by atoms with Crippen LogP contribution >= 0.6 is 11.3 Å². The van der Waals surface area contributed by atoms with Crippen LogP contribution in [0.4, 0.5) is 4.39 Å². The minimum Gasteiger partial charge on any atom is -0.465 e. The van der Waals surface area contributed by atoms with Crippen LogP contribution in [0.5, 0.6) is 0 Å². The molecule has 0 saturated carbocycles. The second-order valence-corrected chi connectivity index (χ2v) is 6.90. The van der Waals surface area contributed by atoms with Gasteiger partial charge in [-0.3, -0.25) is 14.3 Å². The summed E-state index contributed by atoms with van der Waals surface area (Å²) in [5.74, 6) is -0.872. The van der Waals surface area contributed by atoms with Crippen LogP contribution in [0.1, 0.15) is 16.1 Å². The SMILES string of the molecule is COC(=O)c1cc2c(=O)n(-c3nc(-c4ccc(F)cc4)cs3)ccc2nc1C. The predicted molar refractivity (Wildman–Crippen MR) is 104 cm³/mol. The molecule has 0 aliphatic carbocycles. The summed E-state index contributed by atoms with van der Waals surface area (Å²) >= 11 is 1.29. The molecule has 4 aromatic rings. The molecule has 3 aromatic heterocycles. The van der Waals surface area contributed by atoms with Crippen molar-refractivity contribution in [3.8, 4) is 16.4 Å². The van der Waals surface area contributed by atoms with Crippen molar-refractivity contribution >= 4 is 28.2 Å². The number of ether oxygens (including phenoxy) is 1. The zero-order chi connectivity index (χ0) is 19.8. The summed E-state index contributed by atoms with van der Waals surface area (Å²) in [5.41, 5.74) is 2.28. The minimum atomic E-state index is -0.547. The number of carbonyl (C=O) groups is 1. The summed E-state index contributed by atoms with van der Waals surface area (Å²) in [6.07, 6.45) is 1.60. The standard InChI is InChI=1S/C20H14FN3O3S/c1-11-14(19(26)27-2)9-15-16(22-11)7-8-24(18(15)25)20-23-17(10-28-20)12-3-5-13(21)6-4-12/h3-10H,1-2H3. The minimum absolute atomic E-state index is 0.246. The van der Waals surface area contributed by atoms with Gasteiger partial charge < -0.3 is 4.74 Å². The van der Waals surface area contributed by atoms with Gasteiger partial charge in [0.1, 0.15) is 5.82 Å². The van der Waals surface area contributed by atoms with Gasteiger partial charge in [0.15, 0.2) is 5.13 Å². The molecule has 28 heavy (non-hydrogen) atoms. The average Bonchev–Trinajstić information content (AvgIpc) is 3.17. The van der Waals surface area contributed by atoms with E-state index in [-0.39, 0.29) is 16.9 Å². The lowest BCUT2D eigenvalue weighted by atomic mass is 10.1. The van der Waals surface area contributed by atoms with E-state index in [1.54, 1.807) is 36.7 Å². The normalized spacial score (nSPS) is 11.0. The number of thiazole rings is 1. The Morgan fingerprint density at radius 3 is 2.64 bits per heavy atom. The van der Waals surface area contributed by atoms with Crippen LogP contribution in [-0.2, 0) is 4.74 Å². The van der Waals surface area contributed by atoms with Gasteiger partial charge in [-0.15, -0.1) is 11.3 Å². The molecule has 0 bridgehead atoms. The van der Waals surface area contributed by atoms with E-state index >= 15 is 0 Å².